The summed E-state index contributed by atoms with van der Waals surface area (Å²) in [4.78, 5) is 22.0. The SMILES string of the molecule is CC(C(=O)Nc1ccc(F)cc1)S(=O)(=O)CC(=O)O. The first kappa shape index (κ1) is 15.1. The van der Waals surface area contributed by atoms with Gasteiger partial charge in [-0.2, -0.15) is 0 Å². The van der Waals surface area contributed by atoms with E-state index in [1.807, 2.05) is 0 Å². The van der Waals surface area contributed by atoms with Gasteiger partial charge in [-0.3, -0.25) is 9.59 Å². The van der Waals surface area contributed by atoms with Gasteiger partial charge in [0.2, 0.25) is 5.91 Å². The van der Waals surface area contributed by atoms with E-state index in [-0.39, 0.29) is 5.69 Å². The summed E-state index contributed by atoms with van der Waals surface area (Å²) in [6, 6.07) is 4.74. The van der Waals surface area contributed by atoms with E-state index in [1.54, 1.807) is 0 Å². The van der Waals surface area contributed by atoms with E-state index in [2.05, 4.69) is 5.32 Å². The molecule has 2 N–H and O–H groups in total. The number of benzene rings is 1. The van der Waals surface area contributed by atoms with Crippen LogP contribution in [-0.4, -0.2) is 36.4 Å². The Morgan fingerprint density at radius 3 is 2.32 bits per heavy atom. The molecule has 1 amide bonds. The third kappa shape index (κ3) is 4.32. The van der Waals surface area contributed by atoms with Crippen LogP contribution in [0.5, 0.6) is 0 Å². The van der Waals surface area contributed by atoms with Crippen molar-refractivity contribution in [3.05, 3.63) is 30.1 Å². The van der Waals surface area contributed by atoms with Crippen molar-refractivity contribution in [2.75, 3.05) is 11.1 Å². The third-order valence-electron chi connectivity index (χ3n) is 2.34. The zero-order valence-electron chi connectivity index (χ0n) is 9.96. The van der Waals surface area contributed by atoms with Gasteiger partial charge in [-0.15, -0.1) is 0 Å². The molecule has 104 valence electrons. The molecule has 0 bridgehead atoms. The Morgan fingerprint density at radius 1 is 1.32 bits per heavy atom. The lowest BCUT2D eigenvalue weighted by Gasteiger charge is -2.11. The Morgan fingerprint density at radius 2 is 1.84 bits per heavy atom. The van der Waals surface area contributed by atoms with Crippen LogP contribution in [-0.2, 0) is 19.4 Å². The summed E-state index contributed by atoms with van der Waals surface area (Å²) in [7, 11) is -4.07. The van der Waals surface area contributed by atoms with Crippen LogP contribution in [0.2, 0.25) is 0 Å². The molecule has 1 unspecified atom stereocenters. The van der Waals surface area contributed by atoms with Gasteiger partial charge in [0.05, 0.1) is 0 Å². The third-order valence-corrected chi connectivity index (χ3v) is 4.29. The Hall–Kier alpha value is -1.96. The molecule has 1 rings (SSSR count). The number of rotatable bonds is 5. The Bertz CT molecular complexity index is 582. The number of sulfone groups is 1. The molecule has 0 aliphatic heterocycles. The van der Waals surface area contributed by atoms with Crippen molar-refractivity contribution < 1.29 is 27.5 Å². The van der Waals surface area contributed by atoms with Crippen molar-refractivity contribution in [1.82, 2.24) is 0 Å². The number of hydrogen-bond acceptors (Lipinski definition) is 4. The Kier molecular flexibility index (Phi) is 4.60. The van der Waals surface area contributed by atoms with Crippen LogP contribution < -0.4 is 5.32 Å². The minimum absolute atomic E-state index is 0.226. The van der Waals surface area contributed by atoms with Crippen LogP contribution in [0.15, 0.2) is 24.3 Å². The summed E-state index contributed by atoms with van der Waals surface area (Å²) in [6.45, 7) is 1.09. The first-order valence-electron chi connectivity index (χ1n) is 5.22. The van der Waals surface area contributed by atoms with Crippen LogP contribution in [0.3, 0.4) is 0 Å². The van der Waals surface area contributed by atoms with Crippen molar-refractivity contribution >= 4 is 27.4 Å². The lowest BCUT2D eigenvalue weighted by atomic mass is 10.3. The number of hydrogen-bond donors (Lipinski definition) is 2. The first-order chi connectivity index (χ1) is 8.72. The molecule has 0 fully saturated rings. The predicted molar refractivity (Wildman–Crippen MR) is 65.9 cm³/mol. The molecule has 19 heavy (non-hydrogen) atoms. The van der Waals surface area contributed by atoms with E-state index in [4.69, 9.17) is 5.11 Å². The van der Waals surface area contributed by atoms with Crippen molar-refractivity contribution in [2.45, 2.75) is 12.2 Å². The molecule has 0 aliphatic carbocycles. The van der Waals surface area contributed by atoms with Crippen molar-refractivity contribution in [1.29, 1.82) is 0 Å². The standard InChI is InChI=1S/C11H12FNO5S/c1-7(19(17,18)6-10(14)15)11(16)13-9-4-2-8(12)3-5-9/h2-5,7H,6H2,1H3,(H,13,16)(H,14,15). The largest absolute Gasteiger partial charge is 0.480 e. The highest BCUT2D eigenvalue weighted by Gasteiger charge is 2.30. The zero-order chi connectivity index (χ0) is 14.6. The summed E-state index contributed by atoms with van der Waals surface area (Å²) in [6.07, 6.45) is 0. The zero-order valence-corrected chi connectivity index (χ0v) is 10.8. The van der Waals surface area contributed by atoms with E-state index in [9.17, 15) is 22.4 Å². The molecular weight excluding hydrogens is 277 g/mol. The summed E-state index contributed by atoms with van der Waals surface area (Å²) < 4.78 is 35.7. The molecule has 0 aliphatic rings. The van der Waals surface area contributed by atoms with Crippen LogP contribution in [0.25, 0.3) is 0 Å². The summed E-state index contributed by atoms with van der Waals surface area (Å²) in [5.74, 6) is -4.01. The maximum atomic E-state index is 12.6. The smallest absolute Gasteiger partial charge is 0.318 e. The van der Waals surface area contributed by atoms with Gasteiger partial charge in [-0.1, -0.05) is 0 Å². The van der Waals surface area contributed by atoms with Gasteiger partial charge in [0.15, 0.2) is 9.84 Å². The number of amides is 1. The van der Waals surface area contributed by atoms with Gasteiger partial charge in [0, 0.05) is 5.69 Å². The van der Waals surface area contributed by atoms with Crippen molar-refractivity contribution in [3.8, 4) is 0 Å². The number of carboxylic acids is 1. The van der Waals surface area contributed by atoms with E-state index in [1.165, 1.54) is 12.1 Å². The van der Waals surface area contributed by atoms with Crippen LogP contribution in [0.1, 0.15) is 6.92 Å². The fourth-order valence-corrected chi connectivity index (χ4v) is 2.22. The van der Waals surface area contributed by atoms with Crippen LogP contribution >= 0.6 is 0 Å². The van der Waals surface area contributed by atoms with Crippen molar-refractivity contribution in [3.63, 3.8) is 0 Å². The average molecular weight is 289 g/mol. The fraction of sp³-hybridized carbons (Fsp3) is 0.273. The Labute approximate surface area is 109 Å². The topological polar surface area (TPSA) is 101 Å². The maximum Gasteiger partial charge on any atom is 0.318 e. The van der Waals surface area contributed by atoms with Crippen molar-refractivity contribution in [2.24, 2.45) is 0 Å². The molecule has 1 atom stereocenters. The molecule has 0 aromatic heterocycles. The van der Waals surface area contributed by atoms with E-state index in [0.717, 1.165) is 19.1 Å². The molecule has 0 radical (unpaired) electrons. The molecule has 0 saturated carbocycles. The number of carbonyl (C=O) groups excluding carboxylic acids is 1. The fourth-order valence-electron chi connectivity index (χ4n) is 1.24. The second-order valence-electron chi connectivity index (χ2n) is 3.84. The van der Waals surface area contributed by atoms with Gasteiger partial charge < -0.3 is 10.4 Å². The molecule has 0 spiro atoms. The second-order valence-corrected chi connectivity index (χ2v) is 6.16. The summed E-state index contributed by atoms with van der Waals surface area (Å²) in [5.41, 5.74) is 0.226. The maximum absolute atomic E-state index is 12.6. The lowest BCUT2D eigenvalue weighted by molar-refractivity contribution is -0.134. The monoisotopic (exact) mass is 289 g/mol. The minimum Gasteiger partial charge on any atom is -0.480 e. The lowest BCUT2D eigenvalue weighted by Crippen LogP contribution is -2.35. The minimum atomic E-state index is -4.07. The summed E-state index contributed by atoms with van der Waals surface area (Å²) in [5, 5.41) is 9.21. The highest BCUT2D eigenvalue weighted by atomic mass is 32.2. The number of halogens is 1. The van der Waals surface area contributed by atoms with Gasteiger partial charge >= 0.3 is 5.97 Å². The van der Waals surface area contributed by atoms with Gasteiger partial charge in [0.25, 0.3) is 0 Å². The average Bonchev–Trinajstić information content (AvgIpc) is 2.29. The number of carboxylic acid groups (broad SMARTS) is 1. The first-order valence-corrected chi connectivity index (χ1v) is 6.93. The van der Waals surface area contributed by atoms with Crippen LogP contribution in [0, 0.1) is 5.82 Å². The molecule has 6 nitrogen and oxygen atoms in total. The molecule has 8 heteroatoms. The molecule has 0 saturated heterocycles. The highest BCUT2D eigenvalue weighted by molar-refractivity contribution is 7.93. The quantitative estimate of drug-likeness (QED) is 0.829. The van der Waals surface area contributed by atoms with E-state index >= 15 is 0 Å². The van der Waals surface area contributed by atoms with Crippen LogP contribution in [0.4, 0.5) is 10.1 Å². The molecular formula is C11H12FNO5S. The molecule has 0 heterocycles. The van der Waals surface area contributed by atoms with Gasteiger partial charge in [0.1, 0.15) is 16.8 Å². The Balaban J connectivity index is 2.78. The van der Waals surface area contributed by atoms with E-state index in [0.29, 0.717) is 0 Å². The number of carbonyl (C=O) groups is 2. The van der Waals surface area contributed by atoms with Gasteiger partial charge in [-0.25, -0.2) is 12.8 Å². The normalized spacial score (nSPS) is 12.7. The predicted octanol–water partition coefficient (Wildman–Crippen LogP) is 0.652. The highest BCUT2D eigenvalue weighted by Crippen LogP contribution is 2.11. The number of aliphatic carboxylic acids is 1. The second kappa shape index (κ2) is 5.79. The molecule has 1 aromatic rings. The number of nitrogens with one attached hydrogen (secondary N) is 1. The van der Waals surface area contributed by atoms with Gasteiger partial charge in [-0.05, 0) is 31.2 Å². The molecule has 1 aromatic carbocycles. The van der Waals surface area contributed by atoms with E-state index < -0.39 is 38.5 Å². The summed E-state index contributed by atoms with van der Waals surface area (Å²) >= 11 is 0. The number of anilines is 1.